The lowest BCUT2D eigenvalue weighted by atomic mass is 10.1. The number of halogens is 2. The Morgan fingerprint density at radius 2 is 1.62 bits per heavy atom. The lowest BCUT2D eigenvalue weighted by Crippen LogP contribution is -2.25. The smallest absolute Gasteiger partial charge is 0.253 e. The fourth-order valence-electron chi connectivity index (χ4n) is 3.69. The van der Waals surface area contributed by atoms with Gasteiger partial charge in [-0.15, -0.1) is 10.2 Å². The zero-order valence-corrected chi connectivity index (χ0v) is 18.8. The van der Waals surface area contributed by atoms with Crippen molar-refractivity contribution in [1.82, 2.24) is 19.8 Å². The third kappa shape index (κ3) is 4.47. The van der Waals surface area contributed by atoms with Gasteiger partial charge in [-0.1, -0.05) is 72.4 Å². The lowest BCUT2D eigenvalue weighted by Gasteiger charge is -2.13. The molecule has 0 unspecified atom stereocenters. The summed E-state index contributed by atoms with van der Waals surface area (Å²) in [6.45, 7) is 0.498. The number of hydrogen-bond acceptors (Lipinski definition) is 5. The first-order valence-electron chi connectivity index (χ1n) is 10.6. The van der Waals surface area contributed by atoms with Crippen molar-refractivity contribution in [2.24, 2.45) is 5.10 Å². The van der Waals surface area contributed by atoms with Crippen LogP contribution in [-0.4, -0.2) is 43.7 Å². The van der Waals surface area contributed by atoms with E-state index in [1.807, 2.05) is 60.7 Å². The highest BCUT2D eigenvalue weighted by Gasteiger charge is 2.24. The summed E-state index contributed by atoms with van der Waals surface area (Å²) in [4.78, 5) is 12.8. The van der Waals surface area contributed by atoms with Crippen LogP contribution in [0.2, 0.25) is 0 Å². The highest BCUT2D eigenvalue weighted by molar-refractivity contribution is 7.99. The quantitative estimate of drug-likeness (QED) is 0.371. The number of rotatable bonds is 6. The molecule has 170 valence electrons. The van der Waals surface area contributed by atoms with Gasteiger partial charge in [0.2, 0.25) is 0 Å². The number of nitrogens with zero attached hydrogens (tertiary/aromatic N) is 5. The first kappa shape index (κ1) is 22.0. The normalized spacial score (nSPS) is 13.2. The van der Waals surface area contributed by atoms with Gasteiger partial charge in [0.1, 0.15) is 11.6 Å². The van der Waals surface area contributed by atoms with E-state index in [1.54, 1.807) is 0 Å². The zero-order chi connectivity index (χ0) is 23.5. The van der Waals surface area contributed by atoms with Crippen molar-refractivity contribution in [3.05, 3.63) is 96.1 Å². The van der Waals surface area contributed by atoms with Gasteiger partial charge in [-0.05, 0) is 17.7 Å². The number of hydrazone groups is 1. The van der Waals surface area contributed by atoms with Crippen molar-refractivity contribution < 1.29 is 13.6 Å². The Bertz CT molecular complexity index is 1360. The average Bonchev–Trinajstić information content (AvgIpc) is 3.52. The van der Waals surface area contributed by atoms with Gasteiger partial charge in [-0.25, -0.2) is 13.8 Å². The minimum Gasteiger partial charge on any atom is -0.272 e. The van der Waals surface area contributed by atoms with Gasteiger partial charge in [0.25, 0.3) is 5.91 Å². The Labute approximate surface area is 198 Å². The highest BCUT2D eigenvalue weighted by Crippen LogP contribution is 2.30. The predicted molar refractivity (Wildman–Crippen MR) is 127 cm³/mol. The van der Waals surface area contributed by atoms with Crippen molar-refractivity contribution in [3.8, 4) is 17.1 Å². The van der Waals surface area contributed by atoms with Gasteiger partial charge in [-0.2, -0.15) is 5.10 Å². The molecule has 9 heteroatoms. The Balaban J connectivity index is 1.40. The highest BCUT2D eigenvalue weighted by atomic mass is 32.2. The first-order valence-corrected chi connectivity index (χ1v) is 11.6. The number of aromatic nitrogens is 3. The minimum absolute atomic E-state index is 0.0430. The van der Waals surface area contributed by atoms with Crippen LogP contribution < -0.4 is 0 Å². The number of benzene rings is 3. The van der Waals surface area contributed by atoms with Gasteiger partial charge >= 0.3 is 0 Å². The monoisotopic (exact) mass is 475 g/mol. The average molecular weight is 476 g/mol. The molecule has 34 heavy (non-hydrogen) atoms. The molecule has 0 fully saturated rings. The second-order valence-corrected chi connectivity index (χ2v) is 8.51. The maximum absolute atomic E-state index is 14.7. The summed E-state index contributed by atoms with van der Waals surface area (Å²) in [5.74, 6) is -1.18. The SMILES string of the molecule is O=C(CSc1nnc(-c2ccccc2)n1-c1ccc(F)cc1F)N1CCC(c2ccccc2)=N1. The maximum Gasteiger partial charge on any atom is 0.253 e. The molecular weight excluding hydrogens is 456 g/mol. The second kappa shape index (κ2) is 9.56. The fraction of sp³-hybridized carbons (Fsp3) is 0.120. The van der Waals surface area contributed by atoms with E-state index in [-0.39, 0.29) is 17.3 Å². The molecule has 0 radical (unpaired) electrons. The molecule has 2 heterocycles. The summed E-state index contributed by atoms with van der Waals surface area (Å²) in [6.07, 6.45) is 0.676. The summed E-state index contributed by atoms with van der Waals surface area (Å²) in [6, 6.07) is 22.2. The van der Waals surface area contributed by atoms with Crippen LogP contribution in [0.4, 0.5) is 8.78 Å². The van der Waals surface area contributed by atoms with Gasteiger partial charge in [-0.3, -0.25) is 9.36 Å². The Hall–Kier alpha value is -3.85. The second-order valence-electron chi connectivity index (χ2n) is 7.57. The third-order valence-corrected chi connectivity index (χ3v) is 6.25. The molecule has 4 aromatic rings. The molecule has 1 aromatic heterocycles. The molecular formula is C25H19F2N5OS. The van der Waals surface area contributed by atoms with Crippen LogP contribution >= 0.6 is 11.8 Å². The zero-order valence-electron chi connectivity index (χ0n) is 17.9. The van der Waals surface area contributed by atoms with Crippen LogP contribution in [0.1, 0.15) is 12.0 Å². The van der Waals surface area contributed by atoms with E-state index < -0.39 is 11.6 Å². The van der Waals surface area contributed by atoms with Crippen molar-refractivity contribution >= 4 is 23.4 Å². The van der Waals surface area contributed by atoms with Gasteiger partial charge in [0.15, 0.2) is 11.0 Å². The van der Waals surface area contributed by atoms with Crippen molar-refractivity contribution in [1.29, 1.82) is 0 Å². The van der Waals surface area contributed by atoms with Crippen LogP contribution in [0.5, 0.6) is 0 Å². The summed E-state index contributed by atoms with van der Waals surface area (Å²) in [5.41, 5.74) is 2.67. The summed E-state index contributed by atoms with van der Waals surface area (Å²) in [5, 5.41) is 14.7. The third-order valence-electron chi connectivity index (χ3n) is 5.34. The summed E-state index contributed by atoms with van der Waals surface area (Å²) >= 11 is 1.13. The maximum atomic E-state index is 14.7. The molecule has 0 bridgehead atoms. The van der Waals surface area contributed by atoms with Gasteiger partial charge in [0.05, 0.1) is 23.7 Å². The molecule has 0 aliphatic carbocycles. The number of carbonyl (C=O) groups excluding carboxylic acids is 1. The van der Waals surface area contributed by atoms with Crippen LogP contribution in [0.25, 0.3) is 17.1 Å². The van der Waals surface area contributed by atoms with Crippen molar-refractivity contribution in [2.75, 3.05) is 12.3 Å². The molecule has 5 rings (SSSR count). The topological polar surface area (TPSA) is 63.4 Å². The van der Waals surface area contributed by atoms with E-state index in [1.165, 1.54) is 21.7 Å². The van der Waals surface area contributed by atoms with E-state index in [2.05, 4.69) is 15.3 Å². The van der Waals surface area contributed by atoms with Crippen LogP contribution in [0.3, 0.4) is 0 Å². The van der Waals surface area contributed by atoms with E-state index >= 15 is 0 Å². The molecule has 3 aromatic carbocycles. The number of thioether (sulfide) groups is 1. The molecule has 0 spiro atoms. The fourth-order valence-corrected chi connectivity index (χ4v) is 4.50. The van der Waals surface area contributed by atoms with Gasteiger partial charge < -0.3 is 0 Å². The molecule has 0 saturated heterocycles. The Morgan fingerprint density at radius 1 is 0.912 bits per heavy atom. The Morgan fingerprint density at radius 3 is 2.32 bits per heavy atom. The molecule has 0 N–H and O–H groups in total. The van der Waals surface area contributed by atoms with Crippen LogP contribution in [0, 0.1) is 11.6 Å². The van der Waals surface area contributed by atoms with Crippen molar-refractivity contribution in [2.45, 2.75) is 11.6 Å². The van der Waals surface area contributed by atoms with Crippen LogP contribution in [0.15, 0.2) is 89.1 Å². The Kier molecular flexibility index (Phi) is 6.18. The number of hydrogen-bond donors (Lipinski definition) is 0. The number of amides is 1. The largest absolute Gasteiger partial charge is 0.272 e. The molecule has 1 aliphatic heterocycles. The predicted octanol–water partition coefficient (Wildman–Crippen LogP) is 4.94. The van der Waals surface area contributed by atoms with Crippen LogP contribution in [-0.2, 0) is 4.79 Å². The van der Waals surface area contributed by atoms with E-state index in [0.29, 0.717) is 29.5 Å². The number of carbonyl (C=O) groups is 1. The minimum atomic E-state index is -0.748. The molecule has 1 amide bonds. The molecule has 0 atom stereocenters. The summed E-state index contributed by atoms with van der Waals surface area (Å²) < 4.78 is 29.8. The standard InChI is InChI=1S/C25H19F2N5OS/c26-19-11-12-22(20(27)15-19)32-24(18-9-5-2-6-10-18)28-29-25(32)34-16-23(33)31-14-13-21(30-31)17-7-3-1-4-8-17/h1-12,15H,13-14,16H2. The van der Waals surface area contributed by atoms with E-state index in [4.69, 9.17) is 0 Å². The van der Waals surface area contributed by atoms with E-state index in [9.17, 15) is 13.6 Å². The van der Waals surface area contributed by atoms with Crippen molar-refractivity contribution in [3.63, 3.8) is 0 Å². The summed E-state index contributed by atoms with van der Waals surface area (Å²) in [7, 11) is 0. The molecule has 0 saturated carbocycles. The van der Waals surface area contributed by atoms with E-state index in [0.717, 1.165) is 29.1 Å². The first-order chi connectivity index (χ1) is 16.6. The molecule has 1 aliphatic rings. The molecule has 6 nitrogen and oxygen atoms in total. The lowest BCUT2D eigenvalue weighted by molar-refractivity contribution is -0.127. The van der Waals surface area contributed by atoms with Gasteiger partial charge in [0, 0.05) is 18.1 Å².